The van der Waals surface area contributed by atoms with Crippen molar-refractivity contribution < 1.29 is 8.78 Å². The highest BCUT2D eigenvalue weighted by Crippen LogP contribution is 2.22. The van der Waals surface area contributed by atoms with Gasteiger partial charge in [-0.3, -0.25) is 0 Å². The second-order valence-electron chi connectivity index (χ2n) is 4.86. The molecule has 0 radical (unpaired) electrons. The molecule has 0 amide bonds. The lowest BCUT2D eigenvalue weighted by atomic mass is 10.0. The van der Waals surface area contributed by atoms with Gasteiger partial charge < -0.3 is 5.32 Å². The van der Waals surface area contributed by atoms with Gasteiger partial charge >= 0.3 is 0 Å². The zero-order chi connectivity index (χ0) is 14.7. The lowest BCUT2D eigenvalue weighted by molar-refractivity contribution is 0.487. The molecule has 0 spiro atoms. The van der Waals surface area contributed by atoms with Gasteiger partial charge in [-0.05, 0) is 49.2 Å². The molecular weight excluding hydrogens is 324 g/mol. The molecule has 0 heterocycles. The molecule has 4 heteroatoms. The Morgan fingerprint density at radius 2 is 1.35 bits per heavy atom. The van der Waals surface area contributed by atoms with Crippen molar-refractivity contribution in [3.63, 3.8) is 0 Å². The smallest absolute Gasteiger partial charge is 0.126 e. The maximum Gasteiger partial charge on any atom is 0.126 e. The Labute approximate surface area is 126 Å². The van der Waals surface area contributed by atoms with Crippen molar-refractivity contribution >= 4 is 15.9 Å². The predicted octanol–water partition coefficient (Wildman–Crippen LogP) is 5.14. The summed E-state index contributed by atoms with van der Waals surface area (Å²) in [7, 11) is 0. The normalized spacial score (nSPS) is 14.1. The van der Waals surface area contributed by atoms with E-state index in [1.165, 1.54) is 12.1 Å². The van der Waals surface area contributed by atoms with Crippen LogP contribution in [0.4, 0.5) is 8.78 Å². The van der Waals surface area contributed by atoms with E-state index in [9.17, 15) is 8.78 Å². The van der Waals surface area contributed by atoms with Crippen LogP contribution in [-0.2, 0) is 0 Å². The first-order chi connectivity index (χ1) is 9.45. The summed E-state index contributed by atoms with van der Waals surface area (Å²) >= 11 is 3.39. The van der Waals surface area contributed by atoms with E-state index in [2.05, 4.69) is 21.2 Å². The highest BCUT2D eigenvalue weighted by atomic mass is 79.9. The van der Waals surface area contributed by atoms with Crippen molar-refractivity contribution in [2.24, 2.45) is 0 Å². The molecule has 0 aliphatic heterocycles. The van der Waals surface area contributed by atoms with Gasteiger partial charge in [0.2, 0.25) is 0 Å². The summed E-state index contributed by atoms with van der Waals surface area (Å²) in [6.07, 6.45) is 0. The minimum atomic E-state index is -0.551. The van der Waals surface area contributed by atoms with Gasteiger partial charge in [0.25, 0.3) is 0 Å². The van der Waals surface area contributed by atoms with Crippen LogP contribution >= 0.6 is 15.9 Å². The molecule has 0 aliphatic rings. The van der Waals surface area contributed by atoms with Crippen molar-refractivity contribution in [1.29, 1.82) is 0 Å². The molecule has 0 fully saturated rings. The predicted molar refractivity (Wildman–Crippen MR) is 80.5 cm³/mol. The first-order valence-corrected chi connectivity index (χ1v) is 7.22. The minimum absolute atomic E-state index is 0.0874. The average molecular weight is 340 g/mol. The van der Waals surface area contributed by atoms with Gasteiger partial charge in [-0.1, -0.05) is 28.1 Å². The van der Waals surface area contributed by atoms with Crippen molar-refractivity contribution in [1.82, 2.24) is 5.32 Å². The third-order valence-corrected chi connectivity index (χ3v) is 3.78. The molecule has 0 saturated heterocycles. The quantitative estimate of drug-likeness (QED) is 0.813. The zero-order valence-electron chi connectivity index (χ0n) is 11.3. The lowest BCUT2D eigenvalue weighted by Gasteiger charge is -2.21. The first-order valence-electron chi connectivity index (χ1n) is 6.43. The molecule has 2 aromatic carbocycles. The van der Waals surface area contributed by atoms with E-state index in [0.29, 0.717) is 5.56 Å². The topological polar surface area (TPSA) is 12.0 Å². The van der Waals surface area contributed by atoms with Gasteiger partial charge in [0.15, 0.2) is 0 Å². The maximum atomic E-state index is 13.2. The fraction of sp³-hybridized carbons (Fsp3) is 0.250. The first kappa shape index (κ1) is 15.1. The molecule has 0 aliphatic carbocycles. The molecule has 0 saturated carbocycles. The Morgan fingerprint density at radius 3 is 1.90 bits per heavy atom. The number of rotatable bonds is 4. The molecule has 2 aromatic rings. The molecule has 2 atom stereocenters. The van der Waals surface area contributed by atoms with Crippen molar-refractivity contribution in [2.75, 3.05) is 0 Å². The van der Waals surface area contributed by atoms with Crippen molar-refractivity contribution in [3.8, 4) is 0 Å². The zero-order valence-corrected chi connectivity index (χ0v) is 12.9. The Morgan fingerprint density at radius 1 is 0.850 bits per heavy atom. The van der Waals surface area contributed by atoms with E-state index >= 15 is 0 Å². The molecule has 2 unspecified atom stereocenters. The highest BCUT2D eigenvalue weighted by Gasteiger charge is 2.12. The number of hydrogen-bond donors (Lipinski definition) is 1. The van der Waals surface area contributed by atoms with Gasteiger partial charge in [-0.2, -0.15) is 0 Å². The van der Waals surface area contributed by atoms with Crippen molar-refractivity contribution in [3.05, 3.63) is 69.7 Å². The fourth-order valence-electron chi connectivity index (χ4n) is 2.14. The molecule has 20 heavy (non-hydrogen) atoms. The van der Waals surface area contributed by atoms with E-state index < -0.39 is 11.6 Å². The molecule has 2 rings (SSSR count). The van der Waals surface area contributed by atoms with Gasteiger partial charge in [-0.15, -0.1) is 0 Å². The van der Waals surface area contributed by atoms with Crippen molar-refractivity contribution in [2.45, 2.75) is 25.9 Å². The van der Waals surface area contributed by atoms with Crippen LogP contribution in [0.3, 0.4) is 0 Å². The fourth-order valence-corrected chi connectivity index (χ4v) is 2.41. The van der Waals surface area contributed by atoms with Crippen LogP contribution in [0.1, 0.15) is 37.1 Å². The molecule has 0 aromatic heterocycles. The Hall–Kier alpha value is -1.26. The summed E-state index contributed by atoms with van der Waals surface area (Å²) in [6, 6.07) is 11.5. The van der Waals surface area contributed by atoms with Crippen LogP contribution in [0.15, 0.2) is 46.9 Å². The summed E-state index contributed by atoms with van der Waals surface area (Å²) < 4.78 is 27.5. The number of hydrogen-bond acceptors (Lipinski definition) is 1. The van der Waals surface area contributed by atoms with Crippen LogP contribution in [-0.4, -0.2) is 0 Å². The van der Waals surface area contributed by atoms with Crippen LogP contribution in [0.2, 0.25) is 0 Å². The molecule has 106 valence electrons. The summed E-state index contributed by atoms with van der Waals surface area (Å²) in [5, 5.41) is 3.34. The SMILES string of the molecule is CC(NC(C)c1cc(F)cc(F)c1)c1ccc(Br)cc1. The van der Waals surface area contributed by atoms with E-state index in [1.54, 1.807) is 0 Å². The second kappa shape index (κ2) is 6.46. The van der Waals surface area contributed by atoms with E-state index in [0.717, 1.165) is 16.1 Å². The van der Waals surface area contributed by atoms with Gasteiger partial charge in [0, 0.05) is 22.6 Å². The summed E-state index contributed by atoms with van der Waals surface area (Å²) in [6.45, 7) is 3.92. The monoisotopic (exact) mass is 339 g/mol. The van der Waals surface area contributed by atoms with E-state index in [1.807, 2.05) is 38.1 Å². The van der Waals surface area contributed by atoms with E-state index in [4.69, 9.17) is 0 Å². The van der Waals surface area contributed by atoms with Gasteiger partial charge in [-0.25, -0.2) is 8.78 Å². The van der Waals surface area contributed by atoms with Crippen LogP contribution < -0.4 is 5.32 Å². The lowest BCUT2D eigenvalue weighted by Crippen LogP contribution is -2.22. The molecule has 1 N–H and O–H groups in total. The summed E-state index contributed by atoms with van der Waals surface area (Å²) in [4.78, 5) is 0. The highest BCUT2D eigenvalue weighted by molar-refractivity contribution is 9.10. The number of benzene rings is 2. The standard InChI is InChI=1S/C16H16BrF2N/c1-10(12-3-5-14(17)6-4-12)20-11(2)13-7-15(18)9-16(19)8-13/h3-11,20H,1-2H3. The van der Waals surface area contributed by atoms with Crippen LogP contribution in [0.25, 0.3) is 0 Å². The Balaban J connectivity index is 2.10. The summed E-state index contributed by atoms with van der Waals surface area (Å²) in [5.74, 6) is -1.10. The second-order valence-corrected chi connectivity index (χ2v) is 5.78. The third-order valence-electron chi connectivity index (χ3n) is 3.25. The third kappa shape index (κ3) is 3.87. The molecule has 0 bridgehead atoms. The van der Waals surface area contributed by atoms with Crippen LogP contribution in [0, 0.1) is 11.6 Å². The molecule has 1 nitrogen and oxygen atoms in total. The Bertz CT molecular complexity index is 563. The molecular formula is C16H16BrF2N. The number of nitrogens with one attached hydrogen (secondary N) is 1. The average Bonchev–Trinajstić information content (AvgIpc) is 2.38. The maximum absolute atomic E-state index is 13.2. The Kier molecular flexibility index (Phi) is 4.89. The largest absolute Gasteiger partial charge is 0.304 e. The minimum Gasteiger partial charge on any atom is -0.304 e. The van der Waals surface area contributed by atoms with E-state index in [-0.39, 0.29) is 12.1 Å². The number of halogens is 3. The van der Waals surface area contributed by atoms with Gasteiger partial charge in [0.1, 0.15) is 11.6 Å². The van der Waals surface area contributed by atoms with Gasteiger partial charge in [0.05, 0.1) is 0 Å². The van der Waals surface area contributed by atoms with Crippen LogP contribution in [0.5, 0.6) is 0 Å². The summed E-state index contributed by atoms with van der Waals surface area (Å²) in [5.41, 5.74) is 1.73.